The van der Waals surface area contributed by atoms with E-state index >= 15 is 0 Å². The number of aromatic carboxylic acids is 1. The molecular weight excluding hydrogens is 262 g/mol. The van der Waals surface area contributed by atoms with Crippen molar-refractivity contribution < 1.29 is 23.5 Å². The molecule has 19 heavy (non-hydrogen) atoms. The van der Waals surface area contributed by atoms with E-state index in [0.29, 0.717) is 6.54 Å². The summed E-state index contributed by atoms with van der Waals surface area (Å²) in [4.78, 5) is 26.4. The molecule has 0 aliphatic carbocycles. The summed E-state index contributed by atoms with van der Waals surface area (Å²) in [5.41, 5.74) is -0.0962. The van der Waals surface area contributed by atoms with Gasteiger partial charge in [-0.25, -0.2) is 23.4 Å². The summed E-state index contributed by atoms with van der Waals surface area (Å²) in [5.74, 6) is -1.14. The summed E-state index contributed by atoms with van der Waals surface area (Å²) in [7, 11) is 1.27. The lowest BCUT2D eigenvalue weighted by atomic mass is 10.5. The number of imidazole rings is 1. The maximum atomic E-state index is 12.0. The standard InChI is InChI=1S/C10H14F2N4O3/c1-15(5-8(11)12)10(19)13-2-3-16-4-7(9(17)18)14-6-16/h4,6,8H,2-3,5H2,1H3,(H,13,19)(H,17,18). The Balaban J connectivity index is 2.33. The van der Waals surface area contributed by atoms with E-state index in [1.807, 2.05) is 0 Å². The molecule has 1 aromatic heterocycles. The van der Waals surface area contributed by atoms with Crippen LogP contribution in [0.2, 0.25) is 0 Å². The largest absolute Gasteiger partial charge is 0.476 e. The van der Waals surface area contributed by atoms with Crippen LogP contribution < -0.4 is 5.32 Å². The summed E-state index contributed by atoms with van der Waals surface area (Å²) in [6.45, 7) is -0.156. The Morgan fingerprint density at radius 2 is 2.26 bits per heavy atom. The van der Waals surface area contributed by atoms with Gasteiger partial charge in [0.25, 0.3) is 6.43 Å². The molecule has 1 rings (SSSR count). The number of carboxylic acid groups (broad SMARTS) is 1. The number of nitrogens with zero attached hydrogens (tertiary/aromatic N) is 3. The van der Waals surface area contributed by atoms with E-state index in [-0.39, 0.29) is 12.2 Å². The average molecular weight is 276 g/mol. The lowest BCUT2D eigenvalue weighted by molar-refractivity contribution is 0.0691. The Morgan fingerprint density at radius 3 is 2.79 bits per heavy atom. The van der Waals surface area contributed by atoms with Crippen LogP contribution >= 0.6 is 0 Å². The number of hydrogen-bond donors (Lipinski definition) is 2. The third kappa shape index (κ3) is 4.90. The van der Waals surface area contributed by atoms with Crippen molar-refractivity contribution in [1.82, 2.24) is 19.8 Å². The van der Waals surface area contributed by atoms with Gasteiger partial charge in [0, 0.05) is 26.3 Å². The molecule has 0 saturated carbocycles. The number of halogens is 2. The maximum Gasteiger partial charge on any atom is 0.356 e. The van der Waals surface area contributed by atoms with Crippen LogP contribution in [0.3, 0.4) is 0 Å². The van der Waals surface area contributed by atoms with Crippen molar-refractivity contribution in [2.75, 3.05) is 20.1 Å². The van der Waals surface area contributed by atoms with Crippen molar-refractivity contribution in [3.63, 3.8) is 0 Å². The van der Waals surface area contributed by atoms with Gasteiger partial charge < -0.3 is 19.9 Å². The number of amides is 2. The second-order valence-electron chi connectivity index (χ2n) is 3.81. The highest BCUT2D eigenvalue weighted by Gasteiger charge is 2.13. The molecule has 106 valence electrons. The first-order valence-electron chi connectivity index (χ1n) is 5.42. The van der Waals surface area contributed by atoms with Gasteiger partial charge in [-0.15, -0.1) is 0 Å². The highest BCUT2D eigenvalue weighted by atomic mass is 19.3. The van der Waals surface area contributed by atoms with Gasteiger partial charge in [-0.05, 0) is 0 Å². The molecule has 0 spiro atoms. The molecule has 1 aromatic rings. The number of carboxylic acids is 1. The van der Waals surface area contributed by atoms with Crippen LogP contribution in [-0.2, 0) is 6.54 Å². The van der Waals surface area contributed by atoms with E-state index in [1.165, 1.54) is 24.1 Å². The lowest BCUT2D eigenvalue weighted by Gasteiger charge is -2.17. The zero-order chi connectivity index (χ0) is 14.4. The van der Waals surface area contributed by atoms with Crippen LogP contribution in [0.5, 0.6) is 0 Å². The molecule has 2 N–H and O–H groups in total. The molecular formula is C10H14F2N4O3. The number of rotatable bonds is 6. The fourth-order valence-corrected chi connectivity index (χ4v) is 1.31. The summed E-state index contributed by atoms with van der Waals surface area (Å²) in [5, 5.41) is 11.1. The van der Waals surface area contributed by atoms with E-state index < -0.39 is 25.0 Å². The van der Waals surface area contributed by atoms with Crippen LogP contribution in [0.25, 0.3) is 0 Å². The molecule has 1 heterocycles. The molecule has 0 bridgehead atoms. The number of alkyl halides is 2. The first-order valence-corrected chi connectivity index (χ1v) is 5.42. The van der Waals surface area contributed by atoms with Gasteiger partial charge in [-0.3, -0.25) is 0 Å². The first-order chi connectivity index (χ1) is 8.90. The fourth-order valence-electron chi connectivity index (χ4n) is 1.31. The van der Waals surface area contributed by atoms with Gasteiger partial charge in [0.15, 0.2) is 5.69 Å². The highest BCUT2D eigenvalue weighted by Crippen LogP contribution is 1.97. The Kier molecular flexibility index (Phi) is 5.22. The van der Waals surface area contributed by atoms with Gasteiger partial charge in [-0.1, -0.05) is 0 Å². The van der Waals surface area contributed by atoms with Crippen LogP contribution in [0.4, 0.5) is 13.6 Å². The molecule has 0 aliphatic heterocycles. The second kappa shape index (κ2) is 6.66. The molecule has 0 saturated heterocycles. The number of urea groups is 1. The fraction of sp³-hybridized carbons (Fsp3) is 0.500. The minimum Gasteiger partial charge on any atom is -0.476 e. The number of carbonyl (C=O) groups is 2. The minimum atomic E-state index is -2.58. The predicted molar refractivity (Wildman–Crippen MR) is 61.2 cm³/mol. The Bertz CT molecular complexity index is 450. The van der Waals surface area contributed by atoms with Crippen LogP contribution in [-0.4, -0.2) is 58.1 Å². The monoisotopic (exact) mass is 276 g/mol. The van der Waals surface area contributed by atoms with E-state index in [9.17, 15) is 18.4 Å². The van der Waals surface area contributed by atoms with Crippen molar-refractivity contribution in [2.45, 2.75) is 13.0 Å². The predicted octanol–water partition coefficient (Wildman–Crippen LogP) is 0.488. The van der Waals surface area contributed by atoms with Crippen molar-refractivity contribution >= 4 is 12.0 Å². The normalized spacial score (nSPS) is 10.5. The Hall–Kier alpha value is -2.19. The summed E-state index contributed by atoms with van der Waals surface area (Å²) in [6, 6.07) is -0.612. The number of hydrogen-bond acceptors (Lipinski definition) is 3. The summed E-state index contributed by atoms with van der Waals surface area (Å²) in [6.07, 6.45) is 0.0538. The maximum absolute atomic E-state index is 12.0. The third-order valence-corrected chi connectivity index (χ3v) is 2.26. The number of aromatic nitrogens is 2. The van der Waals surface area contributed by atoms with Crippen molar-refractivity contribution in [2.24, 2.45) is 0 Å². The van der Waals surface area contributed by atoms with Gasteiger partial charge in [0.2, 0.25) is 0 Å². The Labute approximate surface area is 107 Å². The van der Waals surface area contributed by atoms with Crippen LogP contribution in [0.1, 0.15) is 10.5 Å². The van der Waals surface area contributed by atoms with Crippen molar-refractivity contribution in [3.8, 4) is 0 Å². The molecule has 7 nitrogen and oxygen atoms in total. The molecule has 0 aliphatic rings. The van der Waals surface area contributed by atoms with Crippen molar-refractivity contribution in [1.29, 1.82) is 0 Å². The van der Waals surface area contributed by atoms with Crippen LogP contribution in [0, 0.1) is 0 Å². The first kappa shape index (κ1) is 14.9. The van der Waals surface area contributed by atoms with E-state index in [2.05, 4.69) is 10.3 Å². The van der Waals surface area contributed by atoms with Gasteiger partial charge in [-0.2, -0.15) is 0 Å². The third-order valence-electron chi connectivity index (χ3n) is 2.26. The van der Waals surface area contributed by atoms with E-state index in [0.717, 1.165) is 4.90 Å². The molecule has 0 aromatic carbocycles. The quantitative estimate of drug-likeness (QED) is 0.791. The molecule has 0 unspecified atom stereocenters. The smallest absolute Gasteiger partial charge is 0.356 e. The Morgan fingerprint density at radius 1 is 1.58 bits per heavy atom. The van der Waals surface area contributed by atoms with Gasteiger partial charge >= 0.3 is 12.0 Å². The zero-order valence-electron chi connectivity index (χ0n) is 10.2. The van der Waals surface area contributed by atoms with Crippen LogP contribution in [0.15, 0.2) is 12.5 Å². The van der Waals surface area contributed by atoms with Gasteiger partial charge in [0.05, 0.1) is 12.9 Å². The molecule has 9 heteroatoms. The SMILES string of the molecule is CN(CC(F)F)C(=O)NCCn1cnc(C(=O)O)c1. The summed E-state index contributed by atoms with van der Waals surface area (Å²) < 4.78 is 25.5. The highest BCUT2D eigenvalue weighted by molar-refractivity contribution is 5.84. The van der Waals surface area contributed by atoms with E-state index in [1.54, 1.807) is 0 Å². The van der Waals surface area contributed by atoms with Gasteiger partial charge in [0.1, 0.15) is 0 Å². The molecule has 0 radical (unpaired) electrons. The zero-order valence-corrected chi connectivity index (χ0v) is 10.2. The lowest BCUT2D eigenvalue weighted by Crippen LogP contribution is -2.40. The topological polar surface area (TPSA) is 87.5 Å². The molecule has 0 atom stereocenters. The number of nitrogens with one attached hydrogen (secondary N) is 1. The second-order valence-corrected chi connectivity index (χ2v) is 3.81. The summed E-state index contributed by atoms with van der Waals surface area (Å²) >= 11 is 0. The van der Waals surface area contributed by atoms with E-state index in [4.69, 9.17) is 5.11 Å². The minimum absolute atomic E-state index is 0.0962. The number of carbonyl (C=O) groups excluding carboxylic acids is 1. The molecule has 0 fully saturated rings. The molecule has 2 amide bonds. The average Bonchev–Trinajstić information content (AvgIpc) is 2.76. The van der Waals surface area contributed by atoms with Crippen molar-refractivity contribution in [3.05, 3.63) is 18.2 Å².